The molecular formula is C15H18N4O4. The lowest BCUT2D eigenvalue weighted by molar-refractivity contribution is -0.143. The third kappa shape index (κ3) is 5.20. The van der Waals surface area contributed by atoms with Crippen molar-refractivity contribution < 1.29 is 19.8 Å². The Labute approximate surface area is 132 Å². The van der Waals surface area contributed by atoms with Gasteiger partial charge in [0.2, 0.25) is 0 Å². The number of H-pyrrole nitrogens is 1. The van der Waals surface area contributed by atoms with E-state index < -0.39 is 24.0 Å². The van der Waals surface area contributed by atoms with Crippen LogP contribution in [0.2, 0.25) is 0 Å². The summed E-state index contributed by atoms with van der Waals surface area (Å²) in [5, 5.41) is 18.5. The molecule has 0 fully saturated rings. The van der Waals surface area contributed by atoms with Crippen molar-refractivity contribution in [3.05, 3.63) is 54.1 Å². The monoisotopic (exact) mass is 318 g/mol. The van der Waals surface area contributed by atoms with E-state index >= 15 is 0 Å². The minimum absolute atomic E-state index is 0.128. The molecule has 1 aromatic carbocycles. The van der Waals surface area contributed by atoms with E-state index in [2.05, 4.69) is 20.8 Å². The van der Waals surface area contributed by atoms with Crippen LogP contribution in [0.25, 0.3) is 0 Å². The van der Waals surface area contributed by atoms with Crippen LogP contribution in [-0.4, -0.2) is 44.2 Å². The van der Waals surface area contributed by atoms with Crippen LogP contribution in [0.5, 0.6) is 0 Å². The number of imidazole rings is 1. The van der Waals surface area contributed by atoms with E-state index in [0.29, 0.717) is 5.69 Å². The van der Waals surface area contributed by atoms with Gasteiger partial charge in [0, 0.05) is 12.6 Å². The summed E-state index contributed by atoms with van der Waals surface area (Å²) in [6.45, 7) is 0. The Hall–Kier alpha value is -2.71. The van der Waals surface area contributed by atoms with E-state index in [1.165, 1.54) is 6.33 Å². The number of carbonyl (C=O) groups is 2. The number of carboxylic acid groups (broad SMARTS) is 2. The molecule has 0 unspecified atom stereocenters. The molecule has 2 atom stereocenters. The molecule has 23 heavy (non-hydrogen) atoms. The zero-order valence-electron chi connectivity index (χ0n) is 12.3. The van der Waals surface area contributed by atoms with E-state index in [-0.39, 0.29) is 12.8 Å². The van der Waals surface area contributed by atoms with Crippen LogP contribution in [0.15, 0.2) is 42.9 Å². The summed E-state index contributed by atoms with van der Waals surface area (Å²) in [6.07, 6.45) is 3.41. The number of aromatic amines is 1. The number of benzene rings is 1. The van der Waals surface area contributed by atoms with Crippen LogP contribution in [0.4, 0.5) is 0 Å². The molecule has 0 saturated carbocycles. The smallest absolute Gasteiger partial charge is 0.322 e. The molecule has 0 saturated heterocycles. The van der Waals surface area contributed by atoms with Crippen LogP contribution in [-0.2, 0) is 22.4 Å². The molecule has 0 amide bonds. The third-order valence-corrected chi connectivity index (χ3v) is 3.28. The summed E-state index contributed by atoms with van der Waals surface area (Å²) in [5.74, 6) is -2.16. The fraction of sp³-hybridized carbons (Fsp3) is 0.267. The molecule has 1 aromatic heterocycles. The molecular weight excluding hydrogens is 300 g/mol. The highest BCUT2D eigenvalue weighted by molar-refractivity contribution is 5.75. The Morgan fingerprint density at radius 1 is 1.04 bits per heavy atom. The molecule has 5 N–H and O–H groups in total. The lowest BCUT2D eigenvalue weighted by atomic mass is 10.1. The number of nitrogens with zero attached hydrogens (tertiary/aromatic N) is 1. The fourth-order valence-corrected chi connectivity index (χ4v) is 2.06. The maximum Gasteiger partial charge on any atom is 0.322 e. The van der Waals surface area contributed by atoms with Gasteiger partial charge in [0.25, 0.3) is 0 Å². The van der Waals surface area contributed by atoms with E-state index in [9.17, 15) is 19.8 Å². The standard InChI is InChI=1S/C15H18N4O4/c20-14(21)12(6-10-4-2-1-3-5-10)18-19-13(15(22)23)7-11-8-16-9-17-11/h1-5,8-9,12-13,18-19H,6-7H2,(H,16,17)(H,20,21)(H,22,23)/t12-,13-/m0/s1. The first kappa shape index (κ1) is 16.7. The van der Waals surface area contributed by atoms with Crippen molar-refractivity contribution in [1.82, 2.24) is 20.8 Å². The maximum atomic E-state index is 11.3. The molecule has 2 rings (SSSR count). The third-order valence-electron chi connectivity index (χ3n) is 3.28. The number of aromatic nitrogens is 2. The van der Waals surface area contributed by atoms with Crippen LogP contribution in [0.3, 0.4) is 0 Å². The van der Waals surface area contributed by atoms with Crippen LogP contribution in [0.1, 0.15) is 11.3 Å². The minimum Gasteiger partial charge on any atom is -0.480 e. The lowest BCUT2D eigenvalue weighted by Gasteiger charge is -2.19. The first-order valence-corrected chi connectivity index (χ1v) is 7.04. The van der Waals surface area contributed by atoms with Crippen molar-refractivity contribution in [3.8, 4) is 0 Å². The van der Waals surface area contributed by atoms with Gasteiger partial charge in [-0.1, -0.05) is 30.3 Å². The number of carboxylic acids is 2. The molecule has 0 aliphatic heterocycles. The largest absolute Gasteiger partial charge is 0.480 e. The number of hydrogen-bond donors (Lipinski definition) is 5. The molecule has 0 spiro atoms. The van der Waals surface area contributed by atoms with Gasteiger partial charge in [-0.3, -0.25) is 9.59 Å². The SMILES string of the molecule is O=C(O)[C@H](Cc1ccccc1)NN[C@@H](Cc1c[nH]cn1)C(=O)O. The predicted octanol–water partition coefficient (Wildman–Crippen LogP) is 0.195. The van der Waals surface area contributed by atoms with Crippen molar-refractivity contribution in [1.29, 1.82) is 0 Å². The van der Waals surface area contributed by atoms with Gasteiger partial charge in [-0.15, -0.1) is 0 Å². The van der Waals surface area contributed by atoms with Crippen LogP contribution < -0.4 is 10.9 Å². The van der Waals surface area contributed by atoms with Crippen molar-refractivity contribution >= 4 is 11.9 Å². The zero-order valence-corrected chi connectivity index (χ0v) is 12.3. The van der Waals surface area contributed by atoms with Gasteiger partial charge in [0.1, 0.15) is 12.1 Å². The Balaban J connectivity index is 1.95. The van der Waals surface area contributed by atoms with Gasteiger partial charge in [0.15, 0.2) is 0 Å². The van der Waals surface area contributed by atoms with Gasteiger partial charge in [0.05, 0.1) is 12.0 Å². The molecule has 1 heterocycles. The van der Waals surface area contributed by atoms with E-state index in [0.717, 1.165) is 5.56 Å². The summed E-state index contributed by atoms with van der Waals surface area (Å²) in [6, 6.07) is 7.18. The maximum absolute atomic E-state index is 11.3. The summed E-state index contributed by atoms with van der Waals surface area (Å²) >= 11 is 0. The van der Waals surface area contributed by atoms with E-state index in [4.69, 9.17) is 0 Å². The number of rotatable bonds is 9. The first-order chi connectivity index (χ1) is 11.1. The molecule has 0 aliphatic rings. The highest BCUT2D eigenvalue weighted by Crippen LogP contribution is 2.04. The van der Waals surface area contributed by atoms with Crippen molar-refractivity contribution in [2.75, 3.05) is 0 Å². The summed E-state index contributed by atoms with van der Waals surface area (Å²) in [5.41, 5.74) is 6.58. The lowest BCUT2D eigenvalue weighted by Crippen LogP contribution is -2.54. The Morgan fingerprint density at radius 3 is 2.17 bits per heavy atom. The van der Waals surface area contributed by atoms with E-state index in [1.807, 2.05) is 30.3 Å². The Morgan fingerprint density at radius 2 is 1.65 bits per heavy atom. The summed E-state index contributed by atoms with van der Waals surface area (Å²) < 4.78 is 0. The second-order valence-corrected chi connectivity index (χ2v) is 5.02. The number of nitrogens with one attached hydrogen (secondary N) is 3. The second-order valence-electron chi connectivity index (χ2n) is 5.02. The fourth-order valence-electron chi connectivity index (χ4n) is 2.06. The Kier molecular flexibility index (Phi) is 5.84. The van der Waals surface area contributed by atoms with Crippen molar-refractivity contribution in [3.63, 3.8) is 0 Å². The Bertz CT molecular complexity index is 630. The normalized spacial score (nSPS) is 13.4. The molecule has 0 bridgehead atoms. The molecule has 0 radical (unpaired) electrons. The number of hydrogen-bond acceptors (Lipinski definition) is 5. The predicted molar refractivity (Wildman–Crippen MR) is 81.6 cm³/mol. The highest BCUT2D eigenvalue weighted by Gasteiger charge is 2.23. The molecule has 2 aromatic rings. The zero-order chi connectivity index (χ0) is 16.7. The van der Waals surface area contributed by atoms with Crippen molar-refractivity contribution in [2.24, 2.45) is 0 Å². The van der Waals surface area contributed by atoms with Crippen LogP contribution >= 0.6 is 0 Å². The first-order valence-electron chi connectivity index (χ1n) is 7.04. The average molecular weight is 318 g/mol. The quantitative estimate of drug-likeness (QED) is 0.418. The van der Waals surface area contributed by atoms with Gasteiger partial charge in [-0.25, -0.2) is 15.8 Å². The van der Waals surface area contributed by atoms with E-state index in [1.54, 1.807) is 6.20 Å². The molecule has 8 nitrogen and oxygen atoms in total. The van der Waals surface area contributed by atoms with Gasteiger partial charge in [-0.2, -0.15) is 0 Å². The second kappa shape index (κ2) is 8.06. The molecule has 8 heteroatoms. The van der Waals surface area contributed by atoms with Crippen LogP contribution in [0, 0.1) is 0 Å². The average Bonchev–Trinajstić information content (AvgIpc) is 3.03. The molecule has 0 aliphatic carbocycles. The topological polar surface area (TPSA) is 127 Å². The van der Waals surface area contributed by atoms with Gasteiger partial charge < -0.3 is 15.2 Å². The molecule has 122 valence electrons. The van der Waals surface area contributed by atoms with Crippen molar-refractivity contribution in [2.45, 2.75) is 24.9 Å². The summed E-state index contributed by atoms with van der Waals surface area (Å²) in [7, 11) is 0. The van der Waals surface area contributed by atoms with Gasteiger partial charge in [-0.05, 0) is 12.0 Å². The number of aliphatic carboxylic acids is 2. The highest BCUT2D eigenvalue weighted by atomic mass is 16.4. The summed E-state index contributed by atoms with van der Waals surface area (Å²) in [4.78, 5) is 29.3. The number of hydrazine groups is 1. The van der Waals surface area contributed by atoms with Gasteiger partial charge >= 0.3 is 11.9 Å². The minimum atomic E-state index is -1.09.